The Morgan fingerprint density at radius 3 is 2.75 bits per heavy atom. The molecule has 0 aliphatic rings. The number of rotatable bonds is 2. The molecular formula is C15H13N3O2. The van der Waals surface area contributed by atoms with Gasteiger partial charge in [-0.05, 0) is 32.0 Å². The van der Waals surface area contributed by atoms with Crippen molar-refractivity contribution in [2.75, 3.05) is 0 Å². The minimum Gasteiger partial charge on any atom is -0.478 e. The number of benzene rings is 1. The van der Waals surface area contributed by atoms with Crippen LogP contribution in [0.15, 0.2) is 36.7 Å². The zero-order valence-corrected chi connectivity index (χ0v) is 11.2. The van der Waals surface area contributed by atoms with Gasteiger partial charge in [0.25, 0.3) is 0 Å². The van der Waals surface area contributed by atoms with E-state index >= 15 is 0 Å². The van der Waals surface area contributed by atoms with Crippen molar-refractivity contribution in [3.63, 3.8) is 0 Å². The maximum atomic E-state index is 11.5. The molecule has 0 fully saturated rings. The summed E-state index contributed by atoms with van der Waals surface area (Å²) in [5.74, 6) is -0.984. The van der Waals surface area contributed by atoms with E-state index in [4.69, 9.17) is 0 Å². The van der Waals surface area contributed by atoms with Crippen molar-refractivity contribution in [2.45, 2.75) is 13.8 Å². The highest BCUT2D eigenvalue weighted by atomic mass is 16.4. The molecule has 0 bridgehead atoms. The Hall–Kier alpha value is -2.69. The van der Waals surface area contributed by atoms with Crippen LogP contribution in [0.25, 0.3) is 16.7 Å². The third kappa shape index (κ3) is 1.84. The van der Waals surface area contributed by atoms with Gasteiger partial charge in [0.1, 0.15) is 11.9 Å². The first-order valence-corrected chi connectivity index (χ1v) is 6.22. The lowest BCUT2D eigenvalue weighted by atomic mass is 10.1. The summed E-state index contributed by atoms with van der Waals surface area (Å²) in [5, 5.41) is 9.43. The van der Waals surface area contributed by atoms with Crippen LogP contribution < -0.4 is 0 Å². The van der Waals surface area contributed by atoms with E-state index in [2.05, 4.69) is 9.97 Å². The number of aromatic nitrogens is 3. The second-order valence-electron chi connectivity index (χ2n) is 4.65. The Kier molecular flexibility index (Phi) is 2.75. The predicted molar refractivity (Wildman–Crippen MR) is 75.3 cm³/mol. The van der Waals surface area contributed by atoms with Crippen LogP contribution in [0.4, 0.5) is 0 Å². The van der Waals surface area contributed by atoms with Crippen LogP contribution in [0.3, 0.4) is 0 Å². The van der Waals surface area contributed by atoms with Crippen LogP contribution in [0.5, 0.6) is 0 Å². The van der Waals surface area contributed by atoms with E-state index in [1.807, 2.05) is 31.2 Å². The molecule has 1 N–H and O–H groups in total. The van der Waals surface area contributed by atoms with Gasteiger partial charge in [0.15, 0.2) is 0 Å². The molecule has 0 aliphatic heterocycles. The van der Waals surface area contributed by atoms with Crippen LogP contribution in [0.2, 0.25) is 0 Å². The fourth-order valence-electron chi connectivity index (χ4n) is 2.41. The number of fused-ring (bicyclic) bond motifs is 1. The van der Waals surface area contributed by atoms with Gasteiger partial charge in [-0.25, -0.2) is 9.78 Å². The first kappa shape index (κ1) is 12.3. The summed E-state index contributed by atoms with van der Waals surface area (Å²) in [6.45, 7) is 3.56. The second-order valence-corrected chi connectivity index (χ2v) is 4.65. The average molecular weight is 267 g/mol. The lowest BCUT2D eigenvalue weighted by Crippen LogP contribution is -2.09. The van der Waals surface area contributed by atoms with Gasteiger partial charge in [-0.15, -0.1) is 0 Å². The molecule has 2 heterocycles. The number of carboxylic acids is 1. The quantitative estimate of drug-likeness (QED) is 0.775. The highest BCUT2D eigenvalue weighted by molar-refractivity contribution is 5.94. The van der Waals surface area contributed by atoms with Crippen molar-refractivity contribution in [3.05, 3.63) is 53.6 Å². The topological polar surface area (TPSA) is 68.0 Å². The number of aryl methyl sites for hydroxylation is 2. The van der Waals surface area contributed by atoms with E-state index < -0.39 is 5.97 Å². The number of hydrogen-bond acceptors (Lipinski definition) is 3. The Balaban J connectivity index is 2.37. The van der Waals surface area contributed by atoms with E-state index in [1.54, 1.807) is 23.9 Å². The number of carboxylic acid groups (broad SMARTS) is 1. The molecule has 2 aromatic heterocycles. The predicted octanol–water partition coefficient (Wildman–Crippen LogP) is 2.74. The zero-order chi connectivity index (χ0) is 14.3. The van der Waals surface area contributed by atoms with Gasteiger partial charge in [0.2, 0.25) is 0 Å². The van der Waals surface area contributed by atoms with Crippen molar-refractivity contribution in [1.82, 2.24) is 14.5 Å². The van der Waals surface area contributed by atoms with Gasteiger partial charge >= 0.3 is 5.97 Å². The SMILES string of the molecule is Cc1cc(-n2cnc3ccccc32)c(C(=O)O)c(C)n1. The summed E-state index contributed by atoms with van der Waals surface area (Å²) < 4.78 is 1.79. The number of pyridine rings is 1. The molecule has 0 aliphatic carbocycles. The summed E-state index contributed by atoms with van der Waals surface area (Å²) in [4.78, 5) is 20.0. The number of imidazole rings is 1. The molecule has 5 heteroatoms. The standard InChI is InChI=1S/C15H13N3O2/c1-9-7-13(14(15(19)20)10(2)17-9)18-8-16-11-5-3-4-6-12(11)18/h3-8H,1-2H3,(H,19,20). The molecule has 0 unspecified atom stereocenters. The third-order valence-electron chi connectivity index (χ3n) is 3.23. The molecule has 5 nitrogen and oxygen atoms in total. The van der Waals surface area contributed by atoms with Crippen LogP contribution in [-0.4, -0.2) is 25.6 Å². The van der Waals surface area contributed by atoms with Crippen LogP contribution in [0, 0.1) is 13.8 Å². The van der Waals surface area contributed by atoms with E-state index in [9.17, 15) is 9.90 Å². The number of hydrogen-bond donors (Lipinski definition) is 1. The van der Waals surface area contributed by atoms with Gasteiger partial charge in [0.05, 0.1) is 22.4 Å². The molecule has 0 radical (unpaired) electrons. The number of para-hydroxylation sites is 2. The van der Waals surface area contributed by atoms with E-state index in [1.165, 1.54) is 0 Å². The molecule has 0 saturated carbocycles. The van der Waals surface area contributed by atoms with Gasteiger partial charge in [0, 0.05) is 5.69 Å². The molecular weight excluding hydrogens is 254 g/mol. The maximum Gasteiger partial charge on any atom is 0.339 e. The zero-order valence-electron chi connectivity index (χ0n) is 11.2. The van der Waals surface area contributed by atoms with Crippen molar-refractivity contribution in [3.8, 4) is 5.69 Å². The van der Waals surface area contributed by atoms with Gasteiger partial charge in [-0.3, -0.25) is 9.55 Å². The smallest absolute Gasteiger partial charge is 0.339 e. The highest BCUT2D eigenvalue weighted by Gasteiger charge is 2.18. The molecule has 0 saturated heterocycles. The maximum absolute atomic E-state index is 11.5. The summed E-state index contributed by atoms with van der Waals surface area (Å²) >= 11 is 0. The Morgan fingerprint density at radius 1 is 1.25 bits per heavy atom. The van der Waals surface area contributed by atoms with Crippen LogP contribution in [-0.2, 0) is 0 Å². The van der Waals surface area contributed by atoms with Crippen LogP contribution in [0.1, 0.15) is 21.7 Å². The van der Waals surface area contributed by atoms with Gasteiger partial charge < -0.3 is 5.11 Å². The van der Waals surface area contributed by atoms with E-state index in [-0.39, 0.29) is 5.56 Å². The lowest BCUT2D eigenvalue weighted by Gasteiger charge is -2.11. The number of nitrogens with zero attached hydrogens (tertiary/aromatic N) is 3. The molecule has 3 aromatic rings. The molecule has 0 atom stereocenters. The van der Waals surface area contributed by atoms with Gasteiger partial charge in [-0.1, -0.05) is 12.1 Å². The first-order valence-electron chi connectivity index (χ1n) is 6.22. The molecule has 20 heavy (non-hydrogen) atoms. The second kappa shape index (κ2) is 4.45. The lowest BCUT2D eigenvalue weighted by molar-refractivity contribution is 0.0695. The summed E-state index contributed by atoms with van der Waals surface area (Å²) in [6.07, 6.45) is 1.64. The normalized spacial score (nSPS) is 10.9. The van der Waals surface area contributed by atoms with Crippen molar-refractivity contribution < 1.29 is 9.90 Å². The number of aromatic carboxylic acids is 1. The molecule has 100 valence electrons. The number of carbonyl (C=O) groups is 1. The average Bonchev–Trinajstić information content (AvgIpc) is 2.80. The van der Waals surface area contributed by atoms with Crippen molar-refractivity contribution in [1.29, 1.82) is 0 Å². The molecule has 0 spiro atoms. The third-order valence-corrected chi connectivity index (χ3v) is 3.23. The monoisotopic (exact) mass is 267 g/mol. The summed E-state index contributed by atoms with van der Waals surface area (Å²) in [5.41, 5.74) is 3.79. The fraction of sp³-hybridized carbons (Fsp3) is 0.133. The fourth-order valence-corrected chi connectivity index (χ4v) is 2.41. The minimum atomic E-state index is -0.984. The minimum absolute atomic E-state index is 0.207. The van der Waals surface area contributed by atoms with Gasteiger partial charge in [-0.2, -0.15) is 0 Å². The molecule has 1 aromatic carbocycles. The summed E-state index contributed by atoms with van der Waals surface area (Å²) in [7, 11) is 0. The van der Waals surface area contributed by atoms with E-state index in [0.29, 0.717) is 11.4 Å². The van der Waals surface area contributed by atoms with Crippen molar-refractivity contribution in [2.24, 2.45) is 0 Å². The van der Waals surface area contributed by atoms with Crippen LogP contribution >= 0.6 is 0 Å². The Labute approximate surface area is 115 Å². The Bertz CT molecular complexity index is 821. The summed E-state index contributed by atoms with van der Waals surface area (Å²) in [6, 6.07) is 9.39. The van der Waals surface area contributed by atoms with Crippen molar-refractivity contribution >= 4 is 17.0 Å². The molecule has 3 rings (SSSR count). The Morgan fingerprint density at radius 2 is 2.00 bits per heavy atom. The van der Waals surface area contributed by atoms with E-state index in [0.717, 1.165) is 16.7 Å². The molecule has 0 amide bonds. The largest absolute Gasteiger partial charge is 0.478 e. The first-order chi connectivity index (χ1) is 9.58. The highest BCUT2D eigenvalue weighted by Crippen LogP contribution is 2.23.